The molecule has 0 unspecified atom stereocenters. The first-order valence-corrected chi connectivity index (χ1v) is 11.2. The number of furan rings is 1. The van der Waals surface area contributed by atoms with E-state index in [1.807, 2.05) is 0 Å². The molecular weight excluding hydrogens is 427 g/mol. The topological polar surface area (TPSA) is 88.3 Å². The van der Waals surface area contributed by atoms with Crippen molar-refractivity contribution in [2.24, 2.45) is 5.92 Å². The van der Waals surface area contributed by atoms with Crippen molar-refractivity contribution in [3.05, 3.63) is 59.8 Å². The average molecular weight is 447 g/mol. The number of anilines is 1. The fourth-order valence-electron chi connectivity index (χ4n) is 3.15. The van der Waals surface area contributed by atoms with Gasteiger partial charge >= 0.3 is 0 Å². The number of thioether (sulfide) groups is 1. The SMILES string of the molecule is O=C(Nc1nnc(SCc2ccc(F)cc2)s1)C1CCN(C(=O)c2ccco2)CC1. The van der Waals surface area contributed by atoms with Gasteiger partial charge in [0, 0.05) is 24.8 Å². The molecule has 1 aliphatic heterocycles. The largest absolute Gasteiger partial charge is 0.459 e. The number of hydrogen-bond acceptors (Lipinski definition) is 7. The second-order valence-electron chi connectivity index (χ2n) is 6.82. The quantitative estimate of drug-likeness (QED) is 0.454. The van der Waals surface area contributed by atoms with Crippen molar-refractivity contribution in [2.45, 2.75) is 22.9 Å². The molecule has 0 aliphatic carbocycles. The molecular formula is C20H19FN4O3S2. The Morgan fingerprint density at radius 2 is 1.97 bits per heavy atom. The van der Waals surface area contributed by atoms with Gasteiger partial charge in [-0.1, -0.05) is 35.2 Å². The fraction of sp³-hybridized carbons (Fsp3) is 0.300. The van der Waals surface area contributed by atoms with E-state index in [1.165, 1.54) is 41.5 Å². The summed E-state index contributed by atoms with van der Waals surface area (Å²) in [4.78, 5) is 26.6. The van der Waals surface area contributed by atoms with Gasteiger partial charge in [0.2, 0.25) is 11.0 Å². The molecule has 1 N–H and O–H groups in total. The molecule has 1 aromatic carbocycles. The van der Waals surface area contributed by atoms with Gasteiger partial charge in [-0.05, 0) is 42.7 Å². The molecule has 2 amide bonds. The maximum absolute atomic E-state index is 13.0. The Hall–Kier alpha value is -2.72. The summed E-state index contributed by atoms with van der Waals surface area (Å²) < 4.78 is 18.8. The van der Waals surface area contributed by atoms with Crippen LogP contribution < -0.4 is 5.32 Å². The molecule has 156 valence electrons. The van der Waals surface area contributed by atoms with Gasteiger partial charge in [-0.2, -0.15) is 0 Å². The lowest BCUT2D eigenvalue weighted by Crippen LogP contribution is -2.41. The lowest BCUT2D eigenvalue weighted by atomic mass is 9.96. The summed E-state index contributed by atoms with van der Waals surface area (Å²) >= 11 is 2.79. The summed E-state index contributed by atoms with van der Waals surface area (Å²) in [7, 11) is 0. The minimum Gasteiger partial charge on any atom is -0.459 e. The van der Waals surface area contributed by atoms with Crippen LogP contribution in [0.15, 0.2) is 51.4 Å². The highest BCUT2D eigenvalue weighted by molar-refractivity contribution is 8.00. The van der Waals surface area contributed by atoms with Crippen LogP contribution in [-0.2, 0) is 10.5 Å². The van der Waals surface area contributed by atoms with E-state index in [4.69, 9.17) is 4.42 Å². The van der Waals surface area contributed by atoms with Gasteiger partial charge in [0.1, 0.15) is 5.82 Å². The standard InChI is InChI=1S/C20H19FN4O3S2/c21-15-5-3-13(4-6-15)12-29-20-24-23-19(30-20)22-17(26)14-7-9-25(10-8-14)18(27)16-2-1-11-28-16/h1-6,11,14H,7-10,12H2,(H,22,23,26). The van der Waals surface area contributed by atoms with Gasteiger partial charge in [-0.25, -0.2) is 4.39 Å². The van der Waals surface area contributed by atoms with E-state index in [2.05, 4.69) is 15.5 Å². The molecule has 3 heterocycles. The predicted molar refractivity (Wildman–Crippen MR) is 112 cm³/mol. The number of aromatic nitrogens is 2. The first-order chi connectivity index (χ1) is 14.6. The highest BCUT2D eigenvalue weighted by Gasteiger charge is 2.29. The molecule has 7 nitrogen and oxygen atoms in total. The Labute approximate surface area is 180 Å². The Kier molecular flexibility index (Phi) is 6.44. The second-order valence-corrected chi connectivity index (χ2v) is 9.02. The number of carbonyl (C=O) groups excluding carboxylic acids is 2. The number of halogens is 1. The first-order valence-electron chi connectivity index (χ1n) is 9.43. The monoisotopic (exact) mass is 446 g/mol. The van der Waals surface area contributed by atoms with Crippen LogP contribution in [0, 0.1) is 11.7 Å². The molecule has 0 spiro atoms. The van der Waals surface area contributed by atoms with Crippen molar-refractivity contribution < 1.29 is 18.4 Å². The maximum Gasteiger partial charge on any atom is 0.289 e. The molecule has 1 aliphatic rings. The Bertz CT molecular complexity index is 1000. The van der Waals surface area contributed by atoms with Gasteiger partial charge in [-0.3, -0.25) is 9.59 Å². The first kappa shape index (κ1) is 20.5. The van der Waals surface area contributed by atoms with Crippen molar-refractivity contribution >= 4 is 40.0 Å². The number of nitrogens with one attached hydrogen (secondary N) is 1. The van der Waals surface area contributed by atoms with Gasteiger partial charge in [-0.15, -0.1) is 10.2 Å². The van der Waals surface area contributed by atoms with Crippen molar-refractivity contribution in [1.29, 1.82) is 0 Å². The summed E-state index contributed by atoms with van der Waals surface area (Å²) in [6.07, 6.45) is 2.65. The fourth-order valence-corrected chi connectivity index (χ4v) is 4.86. The minimum absolute atomic E-state index is 0.105. The van der Waals surface area contributed by atoms with Gasteiger partial charge in [0.05, 0.1) is 6.26 Å². The van der Waals surface area contributed by atoms with Crippen LogP contribution in [-0.4, -0.2) is 40.0 Å². The lowest BCUT2D eigenvalue weighted by molar-refractivity contribution is -0.121. The average Bonchev–Trinajstić information content (AvgIpc) is 3.45. The molecule has 1 saturated heterocycles. The maximum atomic E-state index is 13.0. The van der Waals surface area contributed by atoms with Crippen molar-refractivity contribution in [2.75, 3.05) is 18.4 Å². The number of nitrogens with zero attached hydrogens (tertiary/aromatic N) is 3. The molecule has 4 rings (SSSR count). The van der Waals surface area contributed by atoms with E-state index in [9.17, 15) is 14.0 Å². The van der Waals surface area contributed by atoms with Gasteiger partial charge < -0.3 is 14.6 Å². The van der Waals surface area contributed by atoms with Crippen LogP contribution >= 0.6 is 23.1 Å². The number of carbonyl (C=O) groups is 2. The van der Waals surface area contributed by atoms with E-state index < -0.39 is 0 Å². The number of amides is 2. The third-order valence-corrected chi connectivity index (χ3v) is 6.84. The summed E-state index contributed by atoms with van der Waals surface area (Å²) in [5.41, 5.74) is 0.984. The van der Waals surface area contributed by atoms with E-state index in [0.717, 1.165) is 9.90 Å². The third kappa shape index (κ3) is 5.06. The second kappa shape index (κ2) is 9.40. The molecule has 3 aromatic rings. The summed E-state index contributed by atoms with van der Waals surface area (Å²) in [5.74, 6) is 0.269. The van der Waals surface area contributed by atoms with Crippen LogP contribution in [0.5, 0.6) is 0 Å². The van der Waals surface area contributed by atoms with E-state index in [1.54, 1.807) is 29.2 Å². The molecule has 2 aromatic heterocycles. The van der Waals surface area contributed by atoms with Crippen molar-refractivity contribution in [1.82, 2.24) is 15.1 Å². The normalized spacial score (nSPS) is 14.6. The van der Waals surface area contributed by atoms with E-state index in [-0.39, 0.29) is 23.5 Å². The number of benzene rings is 1. The van der Waals surface area contributed by atoms with Crippen molar-refractivity contribution in [3.8, 4) is 0 Å². The zero-order chi connectivity index (χ0) is 20.9. The molecule has 10 heteroatoms. The van der Waals surface area contributed by atoms with Crippen LogP contribution in [0.4, 0.5) is 9.52 Å². The number of hydrogen-bond donors (Lipinski definition) is 1. The molecule has 0 bridgehead atoms. The minimum atomic E-state index is -0.263. The Morgan fingerprint density at radius 3 is 2.67 bits per heavy atom. The molecule has 0 atom stereocenters. The van der Waals surface area contributed by atoms with Crippen LogP contribution in [0.25, 0.3) is 0 Å². The molecule has 0 radical (unpaired) electrons. The number of piperidine rings is 1. The zero-order valence-corrected chi connectivity index (χ0v) is 17.5. The summed E-state index contributed by atoms with van der Waals surface area (Å²) in [6.45, 7) is 1.01. The summed E-state index contributed by atoms with van der Waals surface area (Å²) in [6, 6.07) is 9.64. The van der Waals surface area contributed by atoms with Gasteiger partial charge in [0.25, 0.3) is 5.91 Å². The van der Waals surface area contributed by atoms with E-state index >= 15 is 0 Å². The molecule has 0 saturated carbocycles. The number of rotatable bonds is 6. The third-order valence-electron chi connectivity index (χ3n) is 4.80. The highest BCUT2D eigenvalue weighted by atomic mass is 32.2. The van der Waals surface area contributed by atoms with E-state index in [0.29, 0.717) is 42.6 Å². The predicted octanol–water partition coefficient (Wildman–Crippen LogP) is 4.05. The molecule has 1 fully saturated rings. The van der Waals surface area contributed by atoms with Crippen LogP contribution in [0.3, 0.4) is 0 Å². The van der Waals surface area contributed by atoms with Crippen LogP contribution in [0.2, 0.25) is 0 Å². The highest BCUT2D eigenvalue weighted by Crippen LogP contribution is 2.29. The number of likely N-dealkylation sites (tertiary alicyclic amines) is 1. The lowest BCUT2D eigenvalue weighted by Gasteiger charge is -2.30. The summed E-state index contributed by atoms with van der Waals surface area (Å²) in [5, 5.41) is 11.4. The smallest absolute Gasteiger partial charge is 0.289 e. The van der Waals surface area contributed by atoms with Crippen molar-refractivity contribution in [3.63, 3.8) is 0 Å². The zero-order valence-electron chi connectivity index (χ0n) is 15.9. The molecule has 30 heavy (non-hydrogen) atoms. The Morgan fingerprint density at radius 1 is 1.20 bits per heavy atom. The van der Waals surface area contributed by atoms with Crippen LogP contribution in [0.1, 0.15) is 29.0 Å². The van der Waals surface area contributed by atoms with Gasteiger partial charge in [0.15, 0.2) is 10.1 Å². The Balaban J connectivity index is 1.24.